The van der Waals surface area contributed by atoms with E-state index in [9.17, 15) is 19.2 Å². The second-order valence-corrected chi connectivity index (χ2v) is 15.0. The van der Waals surface area contributed by atoms with Gasteiger partial charge in [-0.15, -0.1) is 0 Å². The number of benzene rings is 4. The van der Waals surface area contributed by atoms with Crippen molar-refractivity contribution in [3.8, 4) is 33.6 Å². The number of amides is 4. The molecule has 4 amide bonds. The molecular weight excluding hydrogens is 761 g/mol. The van der Waals surface area contributed by atoms with Crippen LogP contribution in [0.25, 0.3) is 33.6 Å². The molecule has 14 nitrogen and oxygen atoms in total. The molecule has 0 spiro atoms. The average molecular weight is 807 g/mol. The predicted octanol–water partition coefficient (Wildman–Crippen LogP) is 7.70. The molecule has 4 heterocycles. The van der Waals surface area contributed by atoms with Gasteiger partial charge in [-0.25, -0.2) is 19.6 Å². The van der Waals surface area contributed by atoms with Gasteiger partial charge in [-0.3, -0.25) is 9.59 Å². The Morgan fingerprint density at radius 2 is 1.27 bits per heavy atom. The van der Waals surface area contributed by atoms with E-state index in [4.69, 9.17) is 25.2 Å². The van der Waals surface area contributed by atoms with Crippen LogP contribution in [-0.2, 0) is 19.1 Å². The molecule has 4 atom stereocenters. The largest absolute Gasteiger partial charge is 0.453 e. The zero-order valence-corrected chi connectivity index (χ0v) is 33.3. The number of nitrogens with zero attached hydrogens (tertiary/aromatic N) is 4. The fourth-order valence-electron chi connectivity index (χ4n) is 8.30. The van der Waals surface area contributed by atoms with Crippen molar-refractivity contribution >= 4 is 24.0 Å². The van der Waals surface area contributed by atoms with E-state index >= 15 is 0 Å². The minimum Gasteiger partial charge on any atom is -0.453 e. The maximum Gasteiger partial charge on any atom is 0.407 e. The first-order valence-electron chi connectivity index (χ1n) is 20.0. The average Bonchev–Trinajstić information content (AvgIpc) is 4.12. The number of H-pyrrole nitrogens is 2. The first-order valence-corrected chi connectivity index (χ1v) is 20.0. The number of ether oxygens (including phenoxy) is 2. The van der Waals surface area contributed by atoms with Crippen LogP contribution in [0.15, 0.2) is 115 Å². The Hall–Kier alpha value is -7.22. The van der Waals surface area contributed by atoms with E-state index in [2.05, 4.69) is 39.6 Å². The van der Waals surface area contributed by atoms with Gasteiger partial charge >= 0.3 is 12.2 Å². The third kappa shape index (κ3) is 8.21. The molecule has 6 aromatic rings. The quantitative estimate of drug-likeness (QED) is 0.102. The van der Waals surface area contributed by atoms with Gasteiger partial charge in [-0.1, -0.05) is 109 Å². The third-order valence-corrected chi connectivity index (χ3v) is 11.3. The van der Waals surface area contributed by atoms with E-state index in [1.165, 1.54) is 7.11 Å². The van der Waals surface area contributed by atoms with E-state index < -0.39 is 24.3 Å². The highest BCUT2D eigenvalue weighted by molar-refractivity contribution is 5.88. The lowest BCUT2D eigenvalue weighted by Gasteiger charge is -2.28. The number of alkyl carbamates (subject to hydrolysis) is 1. The molecule has 0 saturated carbocycles. The van der Waals surface area contributed by atoms with Gasteiger partial charge in [-0.2, -0.15) is 0 Å². The van der Waals surface area contributed by atoms with Crippen molar-refractivity contribution in [1.29, 1.82) is 0 Å². The number of rotatable bonds is 11. The Morgan fingerprint density at radius 3 is 1.87 bits per heavy atom. The van der Waals surface area contributed by atoms with Crippen molar-refractivity contribution in [2.45, 2.75) is 56.8 Å². The molecule has 14 heteroatoms. The maximum absolute atomic E-state index is 13.9. The Balaban J connectivity index is 0.944. The summed E-state index contributed by atoms with van der Waals surface area (Å²) in [5, 5.41) is 2.71. The van der Waals surface area contributed by atoms with Crippen molar-refractivity contribution in [3.05, 3.63) is 144 Å². The zero-order valence-electron chi connectivity index (χ0n) is 33.3. The van der Waals surface area contributed by atoms with Crippen molar-refractivity contribution in [3.63, 3.8) is 0 Å². The fraction of sp³-hybridized carbons (Fsp3) is 0.261. The number of imidazole rings is 2. The minimum absolute atomic E-state index is 0.219. The number of hydrogen-bond acceptors (Lipinski definition) is 8. The summed E-state index contributed by atoms with van der Waals surface area (Å²) in [4.78, 5) is 71.8. The third-order valence-electron chi connectivity index (χ3n) is 11.3. The highest BCUT2D eigenvalue weighted by Gasteiger charge is 2.39. The van der Waals surface area contributed by atoms with Crippen LogP contribution in [0.3, 0.4) is 0 Å². The van der Waals surface area contributed by atoms with E-state index in [-0.39, 0.29) is 23.9 Å². The first-order chi connectivity index (χ1) is 29.2. The molecule has 2 fully saturated rings. The Labute approximate surface area is 347 Å². The summed E-state index contributed by atoms with van der Waals surface area (Å²) in [5.41, 5.74) is 13.1. The molecule has 2 aromatic heterocycles. The van der Waals surface area contributed by atoms with E-state index in [1.54, 1.807) is 40.3 Å². The van der Waals surface area contributed by atoms with Crippen LogP contribution in [0.5, 0.6) is 0 Å². The predicted molar refractivity (Wildman–Crippen MR) is 224 cm³/mol. The number of aromatic nitrogens is 4. The molecule has 2 aliphatic heterocycles. The van der Waals surface area contributed by atoms with Crippen molar-refractivity contribution in [2.75, 3.05) is 20.2 Å². The molecule has 0 radical (unpaired) electrons. The van der Waals surface area contributed by atoms with Gasteiger partial charge < -0.3 is 40.3 Å². The van der Waals surface area contributed by atoms with E-state index in [1.807, 2.05) is 67.6 Å². The number of carbonyl (C=O) groups excluding carboxylic acids is 4. The fourth-order valence-corrected chi connectivity index (χ4v) is 8.30. The van der Waals surface area contributed by atoms with Gasteiger partial charge in [0.05, 0.1) is 36.8 Å². The summed E-state index contributed by atoms with van der Waals surface area (Å²) in [6.07, 6.45) is 2.02. The molecule has 2 saturated heterocycles. The number of nitrogens with one attached hydrogen (secondary N) is 3. The highest BCUT2D eigenvalue weighted by Crippen LogP contribution is 2.37. The molecule has 306 valence electrons. The van der Waals surface area contributed by atoms with Gasteiger partial charge in [-0.05, 0) is 54.9 Å². The zero-order chi connectivity index (χ0) is 41.8. The molecule has 60 heavy (non-hydrogen) atoms. The number of hydrogen-bond donors (Lipinski definition) is 4. The normalized spacial score (nSPS) is 17.2. The molecule has 8 rings (SSSR count). The summed E-state index contributed by atoms with van der Waals surface area (Å²) in [5.74, 6) is 0.819. The number of carbonyl (C=O) groups is 4. The minimum atomic E-state index is -1.14. The molecule has 5 N–H and O–H groups in total. The Morgan fingerprint density at radius 1 is 0.717 bits per heavy atom. The lowest BCUT2D eigenvalue weighted by molar-refractivity contribution is -0.141. The monoisotopic (exact) mass is 806 g/mol. The van der Waals surface area contributed by atoms with Crippen LogP contribution in [0.4, 0.5) is 9.59 Å². The number of aromatic amines is 2. The van der Waals surface area contributed by atoms with Crippen molar-refractivity contribution in [2.24, 2.45) is 5.73 Å². The van der Waals surface area contributed by atoms with Crippen LogP contribution in [-0.4, -0.2) is 73.9 Å². The molecule has 0 aliphatic carbocycles. The lowest BCUT2D eigenvalue weighted by Crippen LogP contribution is -2.42. The van der Waals surface area contributed by atoms with Crippen molar-refractivity contribution < 1.29 is 28.7 Å². The number of methoxy groups -OCH3 is 1. The first kappa shape index (κ1) is 39.6. The standard InChI is InChI=1S/C46H46N8O6/c1-28-38(51-42(49-28)37-16-10-26-54(37)44(56)40(60-45(47)57)34-13-7-4-8-14-34)33-23-19-30(20-24-33)29-17-21-31(22-18-29)35-27-48-41(50-35)36-15-9-25-53(36)43(55)39(52-46(58)59-2)32-11-5-3-6-12-32/h3-8,11-14,17-24,27,36-37,39-40H,9-10,15-16,25-26H2,1-2H3,(H2,47,57)(H,48,50)(H,49,51)(H,52,58)/t36-,37-,39+,40+/m0/s1. The summed E-state index contributed by atoms with van der Waals surface area (Å²) in [6, 6.07) is 33.0. The maximum atomic E-state index is 13.9. The smallest absolute Gasteiger partial charge is 0.407 e. The number of primary amides is 1. The number of aryl methyl sites for hydroxylation is 1. The molecule has 4 aromatic carbocycles. The summed E-state index contributed by atoms with van der Waals surface area (Å²) in [6.45, 7) is 3.02. The van der Waals surface area contributed by atoms with Crippen LogP contribution >= 0.6 is 0 Å². The molecule has 0 bridgehead atoms. The van der Waals surface area contributed by atoms with Gasteiger partial charge in [0.2, 0.25) is 6.10 Å². The van der Waals surface area contributed by atoms with E-state index in [0.29, 0.717) is 35.9 Å². The Bertz CT molecular complexity index is 2470. The van der Waals surface area contributed by atoms with Crippen LogP contribution < -0.4 is 11.1 Å². The number of nitrogens with two attached hydrogens (primary N) is 1. The second kappa shape index (κ2) is 17.3. The van der Waals surface area contributed by atoms with Gasteiger partial charge in [0.25, 0.3) is 11.8 Å². The lowest BCUT2D eigenvalue weighted by atomic mass is 10.0. The van der Waals surface area contributed by atoms with Crippen LogP contribution in [0.1, 0.15) is 78.4 Å². The summed E-state index contributed by atoms with van der Waals surface area (Å²) in [7, 11) is 1.28. The topological polar surface area (TPSA) is 189 Å². The van der Waals surface area contributed by atoms with Gasteiger partial charge in [0.1, 0.15) is 17.7 Å². The molecule has 0 unspecified atom stereocenters. The summed E-state index contributed by atoms with van der Waals surface area (Å²) < 4.78 is 10.1. The SMILES string of the molecule is COC(=O)N[C@@H](C(=O)N1CCC[C@H]1c1ncc(-c2ccc(-c3ccc(-c4nc([C@@H]5CCCN5C(=O)[C@H](OC(N)=O)c5ccccc5)[nH]c4C)cc3)cc2)[nH]1)c1ccccc1. The Kier molecular flexibility index (Phi) is 11.4. The van der Waals surface area contributed by atoms with Crippen molar-refractivity contribution in [1.82, 2.24) is 35.1 Å². The van der Waals surface area contributed by atoms with Crippen LogP contribution in [0, 0.1) is 6.92 Å². The van der Waals surface area contributed by atoms with Crippen LogP contribution in [0.2, 0.25) is 0 Å². The molecule has 2 aliphatic rings. The second-order valence-electron chi connectivity index (χ2n) is 15.0. The summed E-state index contributed by atoms with van der Waals surface area (Å²) >= 11 is 0. The highest BCUT2D eigenvalue weighted by atomic mass is 16.6. The van der Waals surface area contributed by atoms with Gasteiger partial charge in [0, 0.05) is 29.9 Å². The van der Waals surface area contributed by atoms with Gasteiger partial charge in [0.15, 0.2) is 0 Å². The number of likely N-dealkylation sites (tertiary alicyclic amines) is 2. The van der Waals surface area contributed by atoms with E-state index in [0.717, 1.165) is 65.0 Å². The molecular formula is C46H46N8O6.